The quantitative estimate of drug-likeness (QED) is 0.229. The van der Waals surface area contributed by atoms with Gasteiger partial charge in [-0.1, -0.05) is 12.1 Å². The van der Waals surface area contributed by atoms with Crippen molar-refractivity contribution in [2.24, 2.45) is 5.73 Å². The lowest BCUT2D eigenvalue weighted by Crippen LogP contribution is -2.17. The summed E-state index contributed by atoms with van der Waals surface area (Å²) in [6, 6.07) is 13.3. The molecule has 4 rings (SSSR count). The van der Waals surface area contributed by atoms with Crippen LogP contribution in [0.5, 0.6) is 17.2 Å². The monoisotopic (exact) mass is 497 g/mol. The van der Waals surface area contributed by atoms with E-state index in [0.717, 1.165) is 17.0 Å². The molecule has 36 heavy (non-hydrogen) atoms. The molecule has 5 N–H and O–H groups in total. The highest BCUT2D eigenvalue weighted by atomic mass is 16.7. The standard InChI is InChI=1S/C24H31N7O5/c1-32-19-4-2-3-17(13-19)15-27-23-29-22(26-8-10-34-12-11-33-9-7-25)30-24(31-23)28-18-5-6-20-21(14-18)36-16-35-20/h2-6,13-14H,7-12,15-16,25H2,1H3,(H3,26,27,28,29,30,31). The fourth-order valence-corrected chi connectivity index (χ4v) is 3.30. The first-order valence-electron chi connectivity index (χ1n) is 11.6. The summed E-state index contributed by atoms with van der Waals surface area (Å²) in [7, 11) is 1.64. The van der Waals surface area contributed by atoms with Crippen molar-refractivity contribution in [3.05, 3.63) is 48.0 Å². The molecule has 12 heteroatoms. The molecule has 1 aromatic heterocycles. The molecule has 0 amide bonds. The molecule has 1 aliphatic rings. The van der Waals surface area contributed by atoms with Crippen molar-refractivity contribution >= 4 is 23.5 Å². The summed E-state index contributed by atoms with van der Waals surface area (Å²) in [5, 5.41) is 9.63. The molecule has 0 spiro atoms. The van der Waals surface area contributed by atoms with Crippen molar-refractivity contribution in [1.29, 1.82) is 0 Å². The number of rotatable bonds is 15. The summed E-state index contributed by atoms with van der Waals surface area (Å²) >= 11 is 0. The van der Waals surface area contributed by atoms with Gasteiger partial charge in [-0.15, -0.1) is 0 Å². The first-order chi connectivity index (χ1) is 17.7. The largest absolute Gasteiger partial charge is 0.497 e. The van der Waals surface area contributed by atoms with Crippen molar-refractivity contribution in [2.75, 3.05) is 69.4 Å². The Morgan fingerprint density at radius 2 is 1.64 bits per heavy atom. The van der Waals surface area contributed by atoms with Crippen LogP contribution in [0.1, 0.15) is 5.56 Å². The average Bonchev–Trinajstić information content (AvgIpc) is 3.37. The van der Waals surface area contributed by atoms with Crippen LogP contribution in [-0.2, 0) is 16.0 Å². The van der Waals surface area contributed by atoms with Gasteiger partial charge in [0, 0.05) is 31.4 Å². The molecule has 0 bridgehead atoms. The minimum atomic E-state index is 0.207. The fourth-order valence-electron chi connectivity index (χ4n) is 3.30. The Balaban J connectivity index is 1.40. The van der Waals surface area contributed by atoms with Crippen LogP contribution in [0.4, 0.5) is 23.5 Å². The first kappa shape index (κ1) is 25.2. The summed E-state index contributed by atoms with van der Waals surface area (Å²) in [6.07, 6.45) is 0. The molecular weight excluding hydrogens is 466 g/mol. The molecule has 192 valence electrons. The average molecular weight is 498 g/mol. The molecule has 1 aliphatic heterocycles. The van der Waals surface area contributed by atoms with Crippen LogP contribution in [0.3, 0.4) is 0 Å². The minimum Gasteiger partial charge on any atom is -0.497 e. The summed E-state index contributed by atoms with van der Waals surface area (Å²) in [5.41, 5.74) is 7.18. The van der Waals surface area contributed by atoms with Crippen molar-refractivity contribution in [3.63, 3.8) is 0 Å². The molecule has 2 heterocycles. The second kappa shape index (κ2) is 13.3. The molecule has 0 fully saturated rings. The fraction of sp³-hybridized carbons (Fsp3) is 0.375. The van der Waals surface area contributed by atoms with E-state index in [1.165, 1.54) is 0 Å². The highest BCUT2D eigenvalue weighted by Crippen LogP contribution is 2.34. The van der Waals surface area contributed by atoms with Gasteiger partial charge in [-0.3, -0.25) is 0 Å². The maximum absolute atomic E-state index is 5.56. The predicted molar refractivity (Wildman–Crippen MR) is 135 cm³/mol. The Labute approximate surface area is 209 Å². The molecular formula is C24H31N7O5. The number of hydrogen-bond donors (Lipinski definition) is 4. The van der Waals surface area contributed by atoms with Crippen LogP contribution >= 0.6 is 0 Å². The van der Waals surface area contributed by atoms with Crippen LogP contribution < -0.4 is 35.9 Å². The zero-order chi connectivity index (χ0) is 25.0. The zero-order valence-corrected chi connectivity index (χ0v) is 20.2. The van der Waals surface area contributed by atoms with Crippen molar-refractivity contribution in [1.82, 2.24) is 15.0 Å². The summed E-state index contributed by atoms with van der Waals surface area (Å²) in [5.74, 6) is 3.34. The number of hydrogen-bond acceptors (Lipinski definition) is 12. The van der Waals surface area contributed by atoms with E-state index in [1.54, 1.807) is 7.11 Å². The first-order valence-corrected chi connectivity index (χ1v) is 11.6. The summed E-state index contributed by atoms with van der Waals surface area (Å²) in [6.45, 7) is 3.71. The lowest BCUT2D eigenvalue weighted by Gasteiger charge is -2.12. The topological polar surface area (TPSA) is 147 Å². The van der Waals surface area contributed by atoms with E-state index in [2.05, 4.69) is 30.9 Å². The van der Waals surface area contributed by atoms with E-state index in [1.807, 2.05) is 42.5 Å². The number of nitrogens with one attached hydrogen (secondary N) is 3. The number of ether oxygens (including phenoxy) is 5. The van der Waals surface area contributed by atoms with E-state index in [4.69, 9.17) is 29.4 Å². The summed E-state index contributed by atoms with van der Waals surface area (Å²) in [4.78, 5) is 13.5. The molecule has 0 saturated heterocycles. The Morgan fingerprint density at radius 3 is 2.47 bits per heavy atom. The second-order valence-electron chi connectivity index (χ2n) is 7.64. The lowest BCUT2D eigenvalue weighted by molar-refractivity contribution is 0.0547. The van der Waals surface area contributed by atoms with Crippen LogP contribution in [0.2, 0.25) is 0 Å². The third kappa shape index (κ3) is 7.57. The molecule has 12 nitrogen and oxygen atoms in total. The predicted octanol–water partition coefficient (Wildman–Crippen LogP) is 2.37. The van der Waals surface area contributed by atoms with Gasteiger partial charge in [0.1, 0.15) is 5.75 Å². The number of nitrogens with two attached hydrogens (primary N) is 1. The third-order valence-electron chi connectivity index (χ3n) is 5.01. The van der Waals surface area contributed by atoms with E-state index >= 15 is 0 Å². The molecule has 0 radical (unpaired) electrons. The maximum atomic E-state index is 5.56. The molecule has 0 unspecified atom stereocenters. The maximum Gasteiger partial charge on any atom is 0.233 e. The Hall–Kier alpha value is -3.87. The van der Waals surface area contributed by atoms with Crippen LogP contribution in [0, 0.1) is 0 Å². The number of nitrogens with zero attached hydrogens (tertiary/aromatic N) is 3. The van der Waals surface area contributed by atoms with Gasteiger partial charge in [0.05, 0.1) is 33.5 Å². The van der Waals surface area contributed by atoms with Gasteiger partial charge in [-0.05, 0) is 29.8 Å². The molecule has 2 aromatic carbocycles. The number of benzene rings is 2. The normalized spacial score (nSPS) is 11.8. The van der Waals surface area contributed by atoms with E-state index in [9.17, 15) is 0 Å². The van der Waals surface area contributed by atoms with Gasteiger partial charge >= 0.3 is 0 Å². The van der Waals surface area contributed by atoms with Crippen molar-refractivity contribution in [2.45, 2.75) is 6.54 Å². The van der Waals surface area contributed by atoms with Crippen LogP contribution in [-0.4, -0.2) is 68.4 Å². The number of fused-ring (bicyclic) bond motifs is 1. The Morgan fingerprint density at radius 1 is 0.861 bits per heavy atom. The van der Waals surface area contributed by atoms with E-state index in [-0.39, 0.29) is 6.79 Å². The smallest absolute Gasteiger partial charge is 0.233 e. The summed E-state index contributed by atoms with van der Waals surface area (Å²) < 4.78 is 27.0. The minimum absolute atomic E-state index is 0.207. The molecule has 0 atom stereocenters. The molecule has 0 aliphatic carbocycles. The van der Waals surface area contributed by atoms with Gasteiger partial charge in [0.2, 0.25) is 24.6 Å². The zero-order valence-electron chi connectivity index (χ0n) is 20.2. The second-order valence-corrected chi connectivity index (χ2v) is 7.64. The number of anilines is 4. The Bertz CT molecular complexity index is 1120. The van der Waals surface area contributed by atoms with Gasteiger partial charge in [0.25, 0.3) is 0 Å². The number of methoxy groups -OCH3 is 1. The van der Waals surface area contributed by atoms with Crippen LogP contribution in [0.15, 0.2) is 42.5 Å². The molecule has 0 saturated carbocycles. The molecule has 3 aromatic rings. The van der Waals surface area contributed by atoms with Crippen LogP contribution in [0.25, 0.3) is 0 Å². The van der Waals surface area contributed by atoms with Crippen molar-refractivity contribution < 1.29 is 23.7 Å². The van der Waals surface area contributed by atoms with Gasteiger partial charge < -0.3 is 45.4 Å². The van der Waals surface area contributed by atoms with Gasteiger partial charge in [-0.25, -0.2) is 0 Å². The highest BCUT2D eigenvalue weighted by Gasteiger charge is 2.14. The Kier molecular flexibility index (Phi) is 9.31. The third-order valence-corrected chi connectivity index (χ3v) is 5.01. The van der Waals surface area contributed by atoms with Gasteiger partial charge in [0.15, 0.2) is 11.5 Å². The highest BCUT2D eigenvalue weighted by molar-refractivity contribution is 5.61. The van der Waals surface area contributed by atoms with Gasteiger partial charge in [-0.2, -0.15) is 15.0 Å². The lowest BCUT2D eigenvalue weighted by atomic mass is 10.2. The van der Waals surface area contributed by atoms with E-state index < -0.39 is 0 Å². The number of aromatic nitrogens is 3. The van der Waals surface area contributed by atoms with Crippen molar-refractivity contribution in [3.8, 4) is 17.2 Å². The van der Waals surface area contributed by atoms with E-state index in [0.29, 0.717) is 75.4 Å². The SMILES string of the molecule is COc1cccc(CNc2nc(NCCOCCOCCN)nc(Nc3ccc4c(c3)OCO4)n2)c1.